The number of ether oxygens (including phenoxy) is 2. The van der Waals surface area contributed by atoms with Crippen LogP contribution in [0.1, 0.15) is 5.56 Å². The van der Waals surface area contributed by atoms with Gasteiger partial charge in [-0.3, -0.25) is 4.79 Å². The molecule has 4 aromatic rings. The molecule has 0 atom stereocenters. The van der Waals surface area contributed by atoms with Crippen LogP contribution in [-0.4, -0.2) is 45.7 Å². The minimum absolute atomic E-state index is 0.118. The number of carbonyl (C=O) groups excluding carboxylic acids is 1. The minimum Gasteiger partial charge on any atom is -0.493 e. The van der Waals surface area contributed by atoms with Crippen molar-refractivity contribution in [2.24, 2.45) is 0 Å². The molecule has 0 aliphatic heterocycles. The number of amides is 1. The molecule has 1 N–H and O–H groups in total. The van der Waals surface area contributed by atoms with Gasteiger partial charge in [-0.05, 0) is 48.9 Å². The van der Waals surface area contributed by atoms with Crippen LogP contribution >= 0.6 is 11.8 Å². The molecule has 2 aromatic carbocycles. The highest BCUT2D eigenvalue weighted by Gasteiger charge is 2.13. The lowest BCUT2D eigenvalue weighted by atomic mass is 10.1. The quantitative estimate of drug-likeness (QED) is 0.441. The van der Waals surface area contributed by atoms with Crippen LogP contribution in [-0.2, 0) is 4.79 Å². The Morgan fingerprint density at radius 3 is 2.61 bits per heavy atom. The molecule has 31 heavy (non-hydrogen) atoms. The Morgan fingerprint density at radius 1 is 1.03 bits per heavy atom. The van der Waals surface area contributed by atoms with Crippen LogP contribution in [0.2, 0.25) is 0 Å². The number of fused-ring (bicyclic) bond motifs is 1. The van der Waals surface area contributed by atoms with Gasteiger partial charge in [0.05, 0.1) is 25.7 Å². The molecule has 2 aromatic heterocycles. The third kappa shape index (κ3) is 4.46. The fraction of sp³-hybridized carbons (Fsp3) is 0.182. The van der Waals surface area contributed by atoms with Gasteiger partial charge >= 0.3 is 0 Å². The molecule has 0 fully saturated rings. The van der Waals surface area contributed by atoms with E-state index in [1.165, 1.54) is 11.8 Å². The van der Waals surface area contributed by atoms with Crippen LogP contribution in [0.15, 0.2) is 59.8 Å². The monoisotopic (exact) mass is 435 g/mol. The first-order valence-corrected chi connectivity index (χ1v) is 10.5. The maximum Gasteiger partial charge on any atom is 0.234 e. The number of hydrogen-bond donors (Lipinski definition) is 1. The molecule has 0 bridgehead atoms. The van der Waals surface area contributed by atoms with Crippen molar-refractivity contribution >= 4 is 29.0 Å². The van der Waals surface area contributed by atoms with E-state index in [4.69, 9.17) is 9.47 Å². The van der Waals surface area contributed by atoms with Crippen LogP contribution in [0, 0.1) is 6.92 Å². The van der Waals surface area contributed by atoms with E-state index in [2.05, 4.69) is 20.6 Å². The third-order valence-electron chi connectivity index (χ3n) is 4.67. The van der Waals surface area contributed by atoms with E-state index in [0.29, 0.717) is 22.3 Å². The number of carbonyl (C=O) groups is 1. The number of thioether (sulfide) groups is 1. The number of para-hydroxylation sites is 1. The Hall–Kier alpha value is -3.59. The van der Waals surface area contributed by atoms with Gasteiger partial charge < -0.3 is 14.8 Å². The first-order valence-electron chi connectivity index (χ1n) is 9.52. The van der Waals surface area contributed by atoms with Crippen molar-refractivity contribution < 1.29 is 14.3 Å². The average molecular weight is 436 g/mol. The van der Waals surface area contributed by atoms with Gasteiger partial charge in [-0.25, -0.2) is 0 Å². The van der Waals surface area contributed by atoms with Gasteiger partial charge in [-0.15, -0.1) is 10.2 Å². The predicted molar refractivity (Wildman–Crippen MR) is 120 cm³/mol. The molecule has 0 saturated heterocycles. The molecule has 0 aliphatic rings. The first kappa shape index (κ1) is 20.7. The van der Waals surface area contributed by atoms with Gasteiger partial charge in [0.2, 0.25) is 11.1 Å². The summed E-state index contributed by atoms with van der Waals surface area (Å²) in [7, 11) is 3.19. The van der Waals surface area contributed by atoms with Crippen molar-refractivity contribution in [3.05, 3.63) is 60.2 Å². The van der Waals surface area contributed by atoms with E-state index < -0.39 is 0 Å². The van der Waals surface area contributed by atoms with Gasteiger partial charge in [-0.2, -0.15) is 9.61 Å². The zero-order valence-corrected chi connectivity index (χ0v) is 18.1. The number of hydrogen-bond acceptors (Lipinski definition) is 7. The van der Waals surface area contributed by atoms with Crippen molar-refractivity contribution in [2.45, 2.75) is 12.1 Å². The Bertz CT molecular complexity index is 1240. The number of benzene rings is 2. The predicted octanol–water partition coefficient (Wildman–Crippen LogP) is 3.85. The van der Waals surface area contributed by atoms with Gasteiger partial charge in [0.25, 0.3) is 0 Å². The zero-order chi connectivity index (χ0) is 21.8. The summed E-state index contributed by atoms with van der Waals surface area (Å²) >= 11 is 1.28. The molecule has 0 aliphatic carbocycles. The number of nitrogens with one attached hydrogen (secondary N) is 1. The fourth-order valence-corrected chi connectivity index (χ4v) is 3.73. The summed E-state index contributed by atoms with van der Waals surface area (Å²) in [6, 6.07) is 17.0. The summed E-state index contributed by atoms with van der Waals surface area (Å²) in [6.45, 7) is 1.95. The van der Waals surface area contributed by atoms with Gasteiger partial charge in [0.15, 0.2) is 17.1 Å². The average Bonchev–Trinajstić information content (AvgIpc) is 3.21. The molecule has 0 radical (unpaired) electrons. The smallest absolute Gasteiger partial charge is 0.234 e. The van der Waals surface area contributed by atoms with E-state index in [-0.39, 0.29) is 11.7 Å². The van der Waals surface area contributed by atoms with Crippen molar-refractivity contribution in [2.75, 3.05) is 25.3 Å². The normalized spacial score (nSPS) is 10.8. The Kier molecular flexibility index (Phi) is 6.03. The second kappa shape index (κ2) is 9.05. The molecule has 9 heteroatoms. The molecule has 0 spiro atoms. The van der Waals surface area contributed by atoms with Crippen molar-refractivity contribution in [1.29, 1.82) is 0 Å². The number of aromatic nitrogens is 4. The molecule has 158 valence electrons. The third-order valence-corrected chi connectivity index (χ3v) is 5.58. The molecule has 8 nitrogen and oxygen atoms in total. The minimum atomic E-state index is -0.118. The Morgan fingerprint density at radius 2 is 1.84 bits per heavy atom. The highest BCUT2D eigenvalue weighted by atomic mass is 32.2. The van der Waals surface area contributed by atoms with E-state index in [1.807, 2.05) is 61.5 Å². The number of aryl methyl sites for hydroxylation is 1. The summed E-state index contributed by atoms with van der Waals surface area (Å²) in [6.07, 6.45) is 0. The molecular formula is C22H21N5O3S. The molecule has 0 saturated carbocycles. The second-order valence-electron chi connectivity index (χ2n) is 6.69. The van der Waals surface area contributed by atoms with Gasteiger partial charge in [0.1, 0.15) is 0 Å². The highest BCUT2D eigenvalue weighted by Crippen LogP contribution is 2.31. The molecule has 2 heterocycles. The van der Waals surface area contributed by atoms with Crippen molar-refractivity contribution in [3.8, 4) is 22.8 Å². The highest BCUT2D eigenvalue weighted by molar-refractivity contribution is 7.99. The van der Waals surface area contributed by atoms with Crippen LogP contribution in [0.4, 0.5) is 5.69 Å². The first-order chi connectivity index (χ1) is 15.1. The summed E-state index contributed by atoms with van der Waals surface area (Å²) in [4.78, 5) is 12.4. The van der Waals surface area contributed by atoms with Crippen LogP contribution in [0.3, 0.4) is 0 Å². The fourth-order valence-electron chi connectivity index (χ4n) is 3.04. The SMILES string of the molecule is COc1ccc(-c2ccc3nnc(SCC(=O)Nc4ccccc4C)n3n2)cc1OC. The van der Waals surface area contributed by atoms with E-state index in [9.17, 15) is 4.79 Å². The Balaban J connectivity index is 1.53. The van der Waals surface area contributed by atoms with Crippen molar-refractivity contribution in [1.82, 2.24) is 19.8 Å². The summed E-state index contributed by atoms with van der Waals surface area (Å²) in [5, 5.41) is 16.4. The van der Waals surface area contributed by atoms with E-state index in [0.717, 1.165) is 22.5 Å². The maximum absolute atomic E-state index is 12.4. The summed E-state index contributed by atoms with van der Waals surface area (Å²) < 4.78 is 12.3. The van der Waals surface area contributed by atoms with Crippen LogP contribution in [0.5, 0.6) is 11.5 Å². The van der Waals surface area contributed by atoms with Crippen molar-refractivity contribution in [3.63, 3.8) is 0 Å². The van der Waals surface area contributed by atoms with Crippen LogP contribution < -0.4 is 14.8 Å². The Labute approximate surface area is 183 Å². The lowest BCUT2D eigenvalue weighted by molar-refractivity contribution is -0.113. The number of rotatable bonds is 7. The second-order valence-corrected chi connectivity index (χ2v) is 7.64. The largest absolute Gasteiger partial charge is 0.493 e. The zero-order valence-electron chi connectivity index (χ0n) is 17.3. The lowest BCUT2D eigenvalue weighted by Gasteiger charge is -2.09. The van der Waals surface area contributed by atoms with E-state index >= 15 is 0 Å². The summed E-state index contributed by atoms with van der Waals surface area (Å²) in [5.41, 5.74) is 4.00. The standard InChI is InChI=1S/C22H21N5O3S/c1-14-6-4-5-7-16(14)23-21(28)13-31-22-25-24-20-11-9-17(26-27(20)22)15-8-10-18(29-2)19(12-15)30-3/h4-12H,13H2,1-3H3,(H,23,28). The number of anilines is 1. The maximum atomic E-state index is 12.4. The molecule has 1 amide bonds. The number of nitrogens with zero attached hydrogens (tertiary/aromatic N) is 4. The summed E-state index contributed by atoms with van der Waals surface area (Å²) in [5.74, 6) is 1.34. The molecular weight excluding hydrogens is 414 g/mol. The van der Waals surface area contributed by atoms with E-state index in [1.54, 1.807) is 18.7 Å². The van der Waals surface area contributed by atoms with Gasteiger partial charge in [0, 0.05) is 11.3 Å². The number of methoxy groups -OCH3 is 2. The lowest BCUT2D eigenvalue weighted by Crippen LogP contribution is -2.15. The molecule has 0 unspecified atom stereocenters. The van der Waals surface area contributed by atoms with Crippen LogP contribution in [0.25, 0.3) is 16.9 Å². The topological polar surface area (TPSA) is 90.6 Å². The van der Waals surface area contributed by atoms with Gasteiger partial charge in [-0.1, -0.05) is 30.0 Å². The molecule has 4 rings (SSSR count).